The van der Waals surface area contributed by atoms with Crippen LogP contribution in [0.3, 0.4) is 0 Å². The van der Waals surface area contributed by atoms with Gasteiger partial charge in [-0.15, -0.1) is 0 Å². The van der Waals surface area contributed by atoms with E-state index < -0.39 is 10.0 Å². The highest BCUT2D eigenvalue weighted by atomic mass is 32.2. The standard InChI is InChI=1S/C20H23NO3S/c22-25(23)14-13-16-5-4-8-19(20(16)21-25)15-9-11-18(12-10-15)24-17-6-2-1-3-7-17/h4-5,8-12,17,21H,1-3,6-7,13-14H2. The lowest BCUT2D eigenvalue weighted by molar-refractivity contribution is 0.155. The van der Waals surface area contributed by atoms with Crippen LogP contribution in [0.25, 0.3) is 11.1 Å². The van der Waals surface area contributed by atoms with Gasteiger partial charge in [0.15, 0.2) is 0 Å². The number of hydrogen-bond donors (Lipinski definition) is 1. The molecule has 0 atom stereocenters. The molecule has 2 aliphatic rings. The molecule has 0 saturated heterocycles. The topological polar surface area (TPSA) is 55.4 Å². The Morgan fingerprint density at radius 3 is 2.48 bits per heavy atom. The fourth-order valence-corrected chi connectivity index (χ4v) is 4.85. The Bertz CT molecular complexity index is 853. The van der Waals surface area contributed by atoms with Crippen LogP contribution < -0.4 is 9.46 Å². The molecule has 0 aromatic heterocycles. The third-order valence-electron chi connectivity index (χ3n) is 5.07. The van der Waals surface area contributed by atoms with Crippen LogP contribution in [0.1, 0.15) is 37.7 Å². The van der Waals surface area contributed by atoms with Gasteiger partial charge >= 0.3 is 0 Å². The second-order valence-corrected chi connectivity index (χ2v) is 8.75. The SMILES string of the molecule is O=S1(=O)CCc2cccc(-c3ccc(OC4CCCCC4)cc3)c2N1. The first-order valence-corrected chi connectivity index (χ1v) is 10.7. The first-order valence-electron chi connectivity index (χ1n) is 9.00. The molecular formula is C20H23NO3S. The summed E-state index contributed by atoms with van der Waals surface area (Å²) in [5.74, 6) is 1.04. The highest BCUT2D eigenvalue weighted by Gasteiger charge is 2.22. The Labute approximate surface area is 149 Å². The van der Waals surface area contributed by atoms with Gasteiger partial charge in [0.1, 0.15) is 5.75 Å². The van der Waals surface area contributed by atoms with Gasteiger partial charge in [0.05, 0.1) is 17.5 Å². The Morgan fingerprint density at radius 1 is 0.960 bits per heavy atom. The molecule has 1 N–H and O–H groups in total. The van der Waals surface area contributed by atoms with Crippen molar-refractivity contribution in [3.05, 3.63) is 48.0 Å². The summed E-state index contributed by atoms with van der Waals surface area (Å²) in [6, 6.07) is 13.9. The van der Waals surface area contributed by atoms with Crippen LogP contribution in [0, 0.1) is 0 Å². The third-order valence-corrected chi connectivity index (χ3v) is 6.33. The average molecular weight is 357 g/mol. The molecule has 25 heavy (non-hydrogen) atoms. The summed E-state index contributed by atoms with van der Waals surface area (Å²) in [5.41, 5.74) is 3.69. The number of fused-ring (bicyclic) bond motifs is 1. The minimum atomic E-state index is -3.23. The number of aryl methyl sites for hydroxylation is 1. The Morgan fingerprint density at radius 2 is 1.72 bits per heavy atom. The number of benzene rings is 2. The van der Waals surface area contributed by atoms with Crippen molar-refractivity contribution in [2.24, 2.45) is 0 Å². The van der Waals surface area contributed by atoms with Crippen LogP contribution in [-0.2, 0) is 16.4 Å². The molecule has 0 spiro atoms. The van der Waals surface area contributed by atoms with Gasteiger partial charge in [-0.1, -0.05) is 36.8 Å². The predicted molar refractivity (Wildman–Crippen MR) is 100 cm³/mol. The monoisotopic (exact) mass is 357 g/mol. The Kier molecular flexibility index (Phi) is 4.42. The van der Waals surface area contributed by atoms with Crippen molar-refractivity contribution in [3.63, 3.8) is 0 Å². The fraction of sp³-hybridized carbons (Fsp3) is 0.400. The van der Waals surface area contributed by atoms with E-state index in [2.05, 4.69) is 4.72 Å². The van der Waals surface area contributed by atoms with Crippen molar-refractivity contribution < 1.29 is 13.2 Å². The second kappa shape index (κ2) is 6.71. The molecule has 2 aromatic rings. The lowest BCUT2D eigenvalue weighted by atomic mass is 9.97. The van der Waals surface area contributed by atoms with Gasteiger partial charge in [-0.05, 0) is 55.4 Å². The number of sulfonamides is 1. The van der Waals surface area contributed by atoms with Crippen molar-refractivity contribution in [2.45, 2.75) is 44.6 Å². The van der Waals surface area contributed by atoms with E-state index in [-0.39, 0.29) is 5.75 Å². The van der Waals surface area contributed by atoms with Crippen molar-refractivity contribution in [1.29, 1.82) is 0 Å². The summed E-state index contributed by atoms with van der Waals surface area (Å²) in [6.07, 6.45) is 6.97. The molecule has 1 heterocycles. The first kappa shape index (κ1) is 16.5. The number of hydrogen-bond acceptors (Lipinski definition) is 3. The van der Waals surface area contributed by atoms with Crippen LogP contribution in [0.5, 0.6) is 5.75 Å². The maximum atomic E-state index is 11.9. The second-order valence-electron chi connectivity index (χ2n) is 6.91. The summed E-state index contributed by atoms with van der Waals surface area (Å²) in [6.45, 7) is 0. The van der Waals surface area contributed by atoms with Crippen LogP contribution in [0.15, 0.2) is 42.5 Å². The summed E-state index contributed by atoms with van der Waals surface area (Å²) in [7, 11) is -3.23. The van der Waals surface area contributed by atoms with Crippen molar-refractivity contribution in [3.8, 4) is 16.9 Å². The lowest BCUT2D eigenvalue weighted by Crippen LogP contribution is -2.24. The molecular weight excluding hydrogens is 334 g/mol. The lowest BCUT2D eigenvalue weighted by Gasteiger charge is -2.23. The van der Waals surface area contributed by atoms with E-state index in [0.29, 0.717) is 12.5 Å². The van der Waals surface area contributed by atoms with Crippen LogP contribution in [0.2, 0.25) is 0 Å². The van der Waals surface area contributed by atoms with Crippen molar-refractivity contribution in [1.82, 2.24) is 0 Å². The summed E-state index contributed by atoms with van der Waals surface area (Å²) < 4.78 is 32.7. The molecule has 0 bridgehead atoms. The Balaban J connectivity index is 1.58. The zero-order valence-electron chi connectivity index (χ0n) is 14.2. The third kappa shape index (κ3) is 3.66. The Hall–Kier alpha value is -2.01. The zero-order valence-corrected chi connectivity index (χ0v) is 15.0. The van der Waals surface area contributed by atoms with E-state index >= 15 is 0 Å². The highest BCUT2D eigenvalue weighted by molar-refractivity contribution is 7.92. The number of anilines is 1. The zero-order chi connectivity index (χ0) is 17.3. The summed E-state index contributed by atoms with van der Waals surface area (Å²) >= 11 is 0. The molecule has 1 aliphatic heterocycles. The van der Waals surface area contributed by atoms with Crippen LogP contribution >= 0.6 is 0 Å². The van der Waals surface area contributed by atoms with Gasteiger partial charge in [0.25, 0.3) is 0 Å². The van der Waals surface area contributed by atoms with Gasteiger partial charge in [-0.2, -0.15) is 0 Å². The van der Waals surface area contributed by atoms with E-state index in [4.69, 9.17) is 4.74 Å². The number of nitrogens with one attached hydrogen (secondary N) is 1. The van der Waals surface area contributed by atoms with Gasteiger partial charge in [-0.25, -0.2) is 8.42 Å². The highest BCUT2D eigenvalue weighted by Crippen LogP contribution is 2.35. The fourth-order valence-electron chi connectivity index (χ4n) is 3.71. The van der Waals surface area contributed by atoms with Gasteiger partial charge < -0.3 is 4.74 Å². The molecule has 1 saturated carbocycles. The number of rotatable bonds is 3. The number of ether oxygens (including phenoxy) is 1. The number of para-hydroxylation sites is 1. The van der Waals surface area contributed by atoms with E-state index in [9.17, 15) is 8.42 Å². The van der Waals surface area contributed by atoms with Crippen molar-refractivity contribution in [2.75, 3.05) is 10.5 Å². The molecule has 2 aromatic carbocycles. The smallest absolute Gasteiger partial charge is 0.233 e. The summed E-state index contributed by atoms with van der Waals surface area (Å²) in [5, 5.41) is 0. The molecule has 4 rings (SSSR count). The predicted octanol–water partition coefficient (Wildman–Crippen LogP) is 4.36. The molecule has 0 amide bonds. The van der Waals surface area contributed by atoms with Crippen LogP contribution in [0.4, 0.5) is 5.69 Å². The molecule has 1 aliphatic carbocycles. The maximum absolute atomic E-state index is 11.9. The van der Waals surface area contributed by atoms with Gasteiger partial charge in [-0.3, -0.25) is 4.72 Å². The minimum Gasteiger partial charge on any atom is -0.490 e. The molecule has 4 nitrogen and oxygen atoms in total. The van der Waals surface area contributed by atoms with E-state index in [1.54, 1.807) is 0 Å². The van der Waals surface area contributed by atoms with E-state index in [0.717, 1.165) is 41.0 Å². The molecule has 5 heteroatoms. The van der Waals surface area contributed by atoms with Crippen molar-refractivity contribution >= 4 is 15.7 Å². The average Bonchev–Trinajstić information content (AvgIpc) is 2.62. The normalized spacial score (nSPS) is 19.7. The largest absolute Gasteiger partial charge is 0.490 e. The van der Waals surface area contributed by atoms with Gasteiger partial charge in [0.2, 0.25) is 10.0 Å². The molecule has 0 radical (unpaired) electrons. The quantitative estimate of drug-likeness (QED) is 0.888. The van der Waals surface area contributed by atoms with Gasteiger partial charge in [0, 0.05) is 5.56 Å². The summed E-state index contributed by atoms with van der Waals surface area (Å²) in [4.78, 5) is 0. The minimum absolute atomic E-state index is 0.150. The first-order chi connectivity index (χ1) is 12.1. The van der Waals surface area contributed by atoms with E-state index in [1.165, 1.54) is 19.3 Å². The van der Waals surface area contributed by atoms with E-state index in [1.807, 2.05) is 42.5 Å². The molecule has 0 unspecified atom stereocenters. The molecule has 132 valence electrons. The maximum Gasteiger partial charge on any atom is 0.233 e. The molecule has 1 fully saturated rings. The van der Waals surface area contributed by atoms with Crippen LogP contribution in [-0.4, -0.2) is 20.3 Å².